The number of halogens is 1. The fourth-order valence-corrected chi connectivity index (χ4v) is 3.19. The van der Waals surface area contributed by atoms with Gasteiger partial charge < -0.3 is 5.73 Å². The lowest BCUT2D eigenvalue weighted by Gasteiger charge is -2.06. The van der Waals surface area contributed by atoms with E-state index in [4.69, 9.17) is 5.73 Å². The molecule has 0 spiro atoms. The molecule has 0 heterocycles. The molecular weight excluding hydrogens is 297 g/mol. The molecule has 0 saturated carbocycles. The van der Waals surface area contributed by atoms with Gasteiger partial charge >= 0.3 is 0 Å². The largest absolute Gasteiger partial charge is 0.398 e. The van der Waals surface area contributed by atoms with Gasteiger partial charge in [-0.3, -0.25) is 0 Å². The zero-order chi connectivity index (χ0) is 14.8. The molecule has 2 N–H and O–H groups in total. The first kappa shape index (κ1) is 14.9. The molecular formula is C14H14FNO2S2. The topological polar surface area (TPSA) is 60.2 Å². The summed E-state index contributed by atoms with van der Waals surface area (Å²) < 4.78 is 35.6. The van der Waals surface area contributed by atoms with Crippen molar-refractivity contribution in [2.75, 3.05) is 12.0 Å². The van der Waals surface area contributed by atoms with Crippen molar-refractivity contribution in [2.24, 2.45) is 0 Å². The number of nitrogen functional groups attached to an aromatic ring is 1. The van der Waals surface area contributed by atoms with Crippen molar-refractivity contribution in [2.45, 2.75) is 15.5 Å². The Hall–Kier alpha value is -1.53. The second kappa shape index (κ2) is 5.85. The van der Waals surface area contributed by atoms with Crippen LogP contribution in [0.4, 0.5) is 10.1 Å². The normalized spacial score (nSPS) is 11.5. The minimum absolute atomic E-state index is 0.295. The number of benzene rings is 2. The van der Waals surface area contributed by atoms with Crippen LogP contribution >= 0.6 is 11.8 Å². The van der Waals surface area contributed by atoms with E-state index in [1.54, 1.807) is 30.3 Å². The third-order valence-corrected chi connectivity index (χ3v) is 4.94. The Labute approximate surface area is 121 Å². The Balaban J connectivity index is 2.08. The van der Waals surface area contributed by atoms with Crippen molar-refractivity contribution in [3.63, 3.8) is 0 Å². The Morgan fingerprint density at radius 3 is 2.35 bits per heavy atom. The molecule has 0 fully saturated rings. The Morgan fingerprint density at radius 2 is 1.80 bits per heavy atom. The predicted molar refractivity (Wildman–Crippen MR) is 79.9 cm³/mol. The summed E-state index contributed by atoms with van der Waals surface area (Å²) in [5.41, 5.74) is 7.01. The van der Waals surface area contributed by atoms with Gasteiger partial charge in [-0.1, -0.05) is 6.07 Å². The molecule has 0 aliphatic carbocycles. The van der Waals surface area contributed by atoms with Crippen LogP contribution < -0.4 is 5.73 Å². The van der Waals surface area contributed by atoms with Crippen LogP contribution in [-0.2, 0) is 15.6 Å². The molecule has 0 aromatic heterocycles. The van der Waals surface area contributed by atoms with Crippen LogP contribution in [0.5, 0.6) is 0 Å². The molecule has 0 unspecified atom stereocenters. The maximum absolute atomic E-state index is 12.9. The number of thioether (sulfide) groups is 1. The molecule has 2 aromatic carbocycles. The van der Waals surface area contributed by atoms with Crippen molar-refractivity contribution < 1.29 is 12.8 Å². The highest BCUT2D eigenvalue weighted by Crippen LogP contribution is 2.26. The van der Waals surface area contributed by atoms with E-state index in [2.05, 4.69) is 0 Å². The Bertz CT molecular complexity index is 712. The van der Waals surface area contributed by atoms with E-state index in [9.17, 15) is 12.8 Å². The van der Waals surface area contributed by atoms with E-state index < -0.39 is 9.84 Å². The van der Waals surface area contributed by atoms with Crippen molar-refractivity contribution in [1.82, 2.24) is 0 Å². The summed E-state index contributed by atoms with van der Waals surface area (Å²) in [7, 11) is -3.17. The van der Waals surface area contributed by atoms with Crippen LogP contribution in [0.1, 0.15) is 5.56 Å². The molecule has 106 valence electrons. The molecule has 0 bridgehead atoms. The van der Waals surface area contributed by atoms with Crippen molar-refractivity contribution in [3.8, 4) is 0 Å². The standard InChI is InChI=1S/C14H14FNO2S2/c1-20(17,18)13-6-4-12(5-7-13)19-9-10-2-3-11(15)8-14(10)16/h2-8H,9,16H2,1H3. The lowest BCUT2D eigenvalue weighted by atomic mass is 10.2. The van der Waals surface area contributed by atoms with Crippen LogP contribution in [0, 0.1) is 5.82 Å². The zero-order valence-corrected chi connectivity index (χ0v) is 12.5. The van der Waals surface area contributed by atoms with Crippen LogP contribution in [0.3, 0.4) is 0 Å². The summed E-state index contributed by atoms with van der Waals surface area (Å²) in [5.74, 6) is 0.249. The minimum Gasteiger partial charge on any atom is -0.398 e. The smallest absolute Gasteiger partial charge is 0.175 e. The van der Waals surface area contributed by atoms with Gasteiger partial charge in [0.1, 0.15) is 5.82 Å². The van der Waals surface area contributed by atoms with Gasteiger partial charge in [0.2, 0.25) is 0 Å². The van der Waals surface area contributed by atoms with E-state index in [0.717, 1.165) is 10.5 Å². The molecule has 2 aromatic rings. The summed E-state index contributed by atoms with van der Waals surface area (Å²) in [4.78, 5) is 1.23. The van der Waals surface area contributed by atoms with Crippen LogP contribution in [0.2, 0.25) is 0 Å². The lowest BCUT2D eigenvalue weighted by Crippen LogP contribution is -1.96. The van der Waals surface area contributed by atoms with Crippen molar-refractivity contribution >= 4 is 27.3 Å². The summed E-state index contributed by atoms with van der Waals surface area (Å²) in [6.45, 7) is 0. The highest BCUT2D eigenvalue weighted by atomic mass is 32.2. The van der Waals surface area contributed by atoms with Crippen LogP contribution in [-0.4, -0.2) is 14.7 Å². The molecule has 0 atom stereocenters. The fraction of sp³-hybridized carbons (Fsp3) is 0.143. The molecule has 20 heavy (non-hydrogen) atoms. The quantitative estimate of drug-likeness (QED) is 0.696. The van der Waals surface area contributed by atoms with Gasteiger partial charge in [-0.2, -0.15) is 0 Å². The average molecular weight is 311 g/mol. The summed E-state index contributed by atoms with van der Waals surface area (Å²) in [6, 6.07) is 11.0. The summed E-state index contributed by atoms with van der Waals surface area (Å²) >= 11 is 1.52. The third-order valence-electron chi connectivity index (χ3n) is 2.75. The molecule has 0 saturated heterocycles. The third kappa shape index (κ3) is 3.74. The number of hydrogen-bond donors (Lipinski definition) is 1. The Morgan fingerprint density at radius 1 is 1.15 bits per heavy atom. The molecule has 2 rings (SSSR count). The highest BCUT2D eigenvalue weighted by molar-refractivity contribution is 7.98. The monoisotopic (exact) mass is 311 g/mol. The molecule has 0 aliphatic heterocycles. The van der Waals surface area contributed by atoms with Crippen LogP contribution in [0.25, 0.3) is 0 Å². The van der Waals surface area contributed by atoms with E-state index >= 15 is 0 Å². The second-order valence-electron chi connectivity index (χ2n) is 4.38. The van der Waals surface area contributed by atoms with Crippen LogP contribution in [0.15, 0.2) is 52.3 Å². The van der Waals surface area contributed by atoms with E-state index in [1.165, 1.54) is 30.2 Å². The van der Waals surface area contributed by atoms with Gasteiger partial charge in [0.05, 0.1) is 4.90 Å². The summed E-state index contributed by atoms with van der Waals surface area (Å²) in [6.07, 6.45) is 1.17. The summed E-state index contributed by atoms with van der Waals surface area (Å²) in [5, 5.41) is 0. The van der Waals surface area contributed by atoms with Crippen molar-refractivity contribution in [1.29, 1.82) is 0 Å². The average Bonchev–Trinajstić information content (AvgIpc) is 2.37. The minimum atomic E-state index is -3.17. The number of rotatable bonds is 4. The van der Waals surface area contributed by atoms with Gasteiger partial charge in [-0.15, -0.1) is 11.8 Å². The SMILES string of the molecule is CS(=O)(=O)c1ccc(SCc2ccc(F)cc2N)cc1. The van der Waals surface area contributed by atoms with Gasteiger partial charge in [-0.25, -0.2) is 12.8 Å². The number of sulfone groups is 1. The Kier molecular flexibility index (Phi) is 4.35. The predicted octanol–water partition coefficient (Wildman–Crippen LogP) is 3.10. The molecule has 6 heteroatoms. The lowest BCUT2D eigenvalue weighted by molar-refractivity contribution is 0.602. The van der Waals surface area contributed by atoms with Gasteiger partial charge in [-0.05, 0) is 42.0 Å². The highest BCUT2D eigenvalue weighted by Gasteiger charge is 2.07. The number of anilines is 1. The fourth-order valence-electron chi connectivity index (χ4n) is 1.64. The number of nitrogens with two attached hydrogens (primary N) is 1. The maximum Gasteiger partial charge on any atom is 0.175 e. The zero-order valence-electron chi connectivity index (χ0n) is 10.8. The molecule has 0 amide bonds. The van der Waals surface area contributed by atoms with E-state index in [1.807, 2.05) is 0 Å². The van der Waals surface area contributed by atoms with E-state index in [-0.39, 0.29) is 5.82 Å². The van der Waals surface area contributed by atoms with Gasteiger partial charge in [0.15, 0.2) is 9.84 Å². The molecule has 0 aliphatic rings. The van der Waals surface area contributed by atoms with Gasteiger partial charge in [0.25, 0.3) is 0 Å². The molecule has 0 radical (unpaired) electrons. The first-order valence-corrected chi connectivity index (χ1v) is 8.71. The van der Waals surface area contributed by atoms with Gasteiger partial charge in [0, 0.05) is 22.6 Å². The first-order chi connectivity index (χ1) is 9.36. The van der Waals surface area contributed by atoms with E-state index in [0.29, 0.717) is 16.3 Å². The maximum atomic E-state index is 12.9. The molecule has 3 nitrogen and oxygen atoms in total. The number of hydrogen-bond acceptors (Lipinski definition) is 4. The van der Waals surface area contributed by atoms with Crippen molar-refractivity contribution in [3.05, 3.63) is 53.8 Å². The second-order valence-corrected chi connectivity index (χ2v) is 7.44. The first-order valence-electron chi connectivity index (χ1n) is 5.83.